The summed E-state index contributed by atoms with van der Waals surface area (Å²) in [5.41, 5.74) is 3.75. The van der Waals surface area contributed by atoms with Crippen LogP contribution in [0.4, 0.5) is 5.69 Å². The number of aromatic nitrogens is 2. The fourth-order valence-corrected chi connectivity index (χ4v) is 2.86. The van der Waals surface area contributed by atoms with Crippen LogP contribution in [0.2, 0.25) is 0 Å². The Hall–Kier alpha value is -3.15. The molecule has 0 radical (unpaired) electrons. The number of nitrogens with one attached hydrogen (secondary N) is 2. The zero-order chi connectivity index (χ0) is 18.1. The van der Waals surface area contributed by atoms with E-state index >= 15 is 0 Å². The van der Waals surface area contributed by atoms with Gasteiger partial charge in [-0.05, 0) is 49.1 Å². The van der Waals surface area contributed by atoms with E-state index < -0.39 is 0 Å². The van der Waals surface area contributed by atoms with Gasteiger partial charge in [-0.15, -0.1) is 0 Å². The van der Waals surface area contributed by atoms with Crippen LogP contribution >= 0.6 is 0 Å². The van der Waals surface area contributed by atoms with Gasteiger partial charge < -0.3 is 15.0 Å². The molecule has 2 N–H and O–H groups in total. The predicted molar refractivity (Wildman–Crippen MR) is 99.2 cm³/mol. The van der Waals surface area contributed by atoms with Gasteiger partial charge in [-0.1, -0.05) is 18.2 Å². The number of hydrogen-bond donors (Lipinski definition) is 2. The Kier molecular flexibility index (Phi) is 4.16. The SMILES string of the molecule is Cc1cccn2cc(C(=O)Nc3ccc(CC(=O)NC4CC4)cc3)nc12. The Morgan fingerprint density at radius 1 is 1.19 bits per heavy atom. The molecule has 3 aromatic rings. The summed E-state index contributed by atoms with van der Waals surface area (Å²) in [6.45, 7) is 1.96. The van der Waals surface area contributed by atoms with Gasteiger partial charge in [0.25, 0.3) is 5.91 Å². The van der Waals surface area contributed by atoms with Crippen molar-refractivity contribution in [2.75, 3.05) is 5.32 Å². The van der Waals surface area contributed by atoms with Crippen LogP contribution in [0.3, 0.4) is 0 Å². The van der Waals surface area contributed by atoms with Gasteiger partial charge in [0.1, 0.15) is 11.3 Å². The largest absolute Gasteiger partial charge is 0.353 e. The van der Waals surface area contributed by atoms with Crippen LogP contribution in [0.25, 0.3) is 5.65 Å². The van der Waals surface area contributed by atoms with Crippen LogP contribution in [0.15, 0.2) is 48.8 Å². The fourth-order valence-electron chi connectivity index (χ4n) is 2.86. The average Bonchev–Trinajstić information content (AvgIpc) is 3.31. The van der Waals surface area contributed by atoms with E-state index in [0.717, 1.165) is 29.6 Å². The second-order valence-corrected chi connectivity index (χ2v) is 6.72. The third kappa shape index (κ3) is 3.59. The van der Waals surface area contributed by atoms with E-state index in [1.54, 1.807) is 18.3 Å². The van der Waals surface area contributed by atoms with Crippen LogP contribution in [0.5, 0.6) is 0 Å². The van der Waals surface area contributed by atoms with Crippen LogP contribution in [0.1, 0.15) is 34.5 Å². The second-order valence-electron chi connectivity index (χ2n) is 6.72. The molecule has 0 aliphatic heterocycles. The first-order valence-electron chi connectivity index (χ1n) is 8.72. The molecule has 1 aliphatic carbocycles. The Morgan fingerprint density at radius 3 is 2.65 bits per heavy atom. The number of nitrogens with zero attached hydrogens (tertiary/aromatic N) is 2. The highest BCUT2D eigenvalue weighted by Crippen LogP contribution is 2.19. The Morgan fingerprint density at radius 2 is 1.96 bits per heavy atom. The molecule has 6 nitrogen and oxygen atoms in total. The zero-order valence-corrected chi connectivity index (χ0v) is 14.5. The predicted octanol–water partition coefficient (Wildman–Crippen LogP) is 2.72. The van der Waals surface area contributed by atoms with E-state index in [1.165, 1.54) is 0 Å². The highest BCUT2D eigenvalue weighted by atomic mass is 16.2. The van der Waals surface area contributed by atoms with E-state index in [-0.39, 0.29) is 11.8 Å². The molecule has 1 aromatic carbocycles. The van der Waals surface area contributed by atoms with Crippen molar-refractivity contribution >= 4 is 23.1 Å². The standard InChI is InChI=1S/C20H20N4O2/c1-13-3-2-10-24-12-17(23-19(13)24)20(26)22-16-6-4-14(5-7-16)11-18(25)21-15-8-9-15/h2-7,10,12,15H,8-9,11H2,1H3,(H,21,25)(H,22,26). The van der Waals surface area contributed by atoms with Gasteiger partial charge in [0.05, 0.1) is 6.42 Å². The Bertz CT molecular complexity index is 971. The Balaban J connectivity index is 1.41. The van der Waals surface area contributed by atoms with Gasteiger partial charge in [0.15, 0.2) is 0 Å². The van der Waals surface area contributed by atoms with Gasteiger partial charge in [-0.2, -0.15) is 0 Å². The van der Waals surface area contributed by atoms with Crippen molar-refractivity contribution in [2.24, 2.45) is 0 Å². The first-order chi connectivity index (χ1) is 12.6. The van der Waals surface area contributed by atoms with Gasteiger partial charge in [0.2, 0.25) is 5.91 Å². The number of rotatable bonds is 5. The topological polar surface area (TPSA) is 75.5 Å². The summed E-state index contributed by atoms with van der Waals surface area (Å²) in [6, 6.07) is 11.6. The van der Waals surface area contributed by atoms with Crippen molar-refractivity contribution < 1.29 is 9.59 Å². The van der Waals surface area contributed by atoms with E-state index in [4.69, 9.17) is 0 Å². The van der Waals surface area contributed by atoms with Gasteiger partial charge >= 0.3 is 0 Å². The number of carbonyl (C=O) groups is 2. The van der Waals surface area contributed by atoms with Gasteiger partial charge in [-0.3, -0.25) is 9.59 Å². The number of amides is 2. The summed E-state index contributed by atoms with van der Waals surface area (Å²) in [5, 5.41) is 5.81. The summed E-state index contributed by atoms with van der Waals surface area (Å²) in [6.07, 6.45) is 6.11. The molecule has 2 aromatic heterocycles. The fraction of sp³-hybridized carbons (Fsp3) is 0.250. The van der Waals surface area contributed by atoms with Crippen LogP contribution < -0.4 is 10.6 Å². The molecule has 2 heterocycles. The minimum atomic E-state index is -0.257. The molecular formula is C20H20N4O2. The van der Waals surface area contributed by atoms with Crippen molar-refractivity contribution in [3.05, 3.63) is 65.6 Å². The highest BCUT2D eigenvalue weighted by Gasteiger charge is 2.23. The second kappa shape index (κ2) is 6.63. The minimum absolute atomic E-state index is 0.0457. The quantitative estimate of drug-likeness (QED) is 0.744. The number of aryl methyl sites for hydroxylation is 1. The maximum atomic E-state index is 12.4. The van der Waals surface area contributed by atoms with Crippen LogP contribution in [0, 0.1) is 6.92 Å². The van der Waals surface area contributed by atoms with Gasteiger partial charge in [-0.25, -0.2) is 4.98 Å². The van der Waals surface area contributed by atoms with Crippen molar-refractivity contribution in [1.29, 1.82) is 0 Å². The van der Waals surface area contributed by atoms with E-state index in [0.29, 0.717) is 23.8 Å². The smallest absolute Gasteiger partial charge is 0.275 e. The van der Waals surface area contributed by atoms with Crippen molar-refractivity contribution in [2.45, 2.75) is 32.2 Å². The van der Waals surface area contributed by atoms with Crippen LogP contribution in [-0.2, 0) is 11.2 Å². The molecule has 0 saturated heterocycles. The lowest BCUT2D eigenvalue weighted by Gasteiger charge is -2.06. The zero-order valence-electron chi connectivity index (χ0n) is 14.5. The molecule has 4 rings (SSSR count). The van der Waals surface area contributed by atoms with Crippen LogP contribution in [-0.4, -0.2) is 27.2 Å². The third-order valence-corrected chi connectivity index (χ3v) is 4.43. The summed E-state index contributed by atoms with van der Waals surface area (Å²) in [7, 11) is 0. The maximum Gasteiger partial charge on any atom is 0.275 e. The first kappa shape index (κ1) is 16.3. The number of carbonyl (C=O) groups excluding carboxylic acids is 2. The molecule has 1 fully saturated rings. The molecule has 1 aliphatic rings. The van der Waals surface area contributed by atoms with Crippen molar-refractivity contribution in [1.82, 2.24) is 14.7 Å². The molecule has 6 heteroatoms. The number of hydrogen-bond acceptors (Lipinski definition) is 3. The maximum absolute atomic E-state index is 12.4. The molecular weight excluding hydrogens is 328 g/mol. The number of pyridine rings is 1. The molecule has 0 unspecified atom stereocenters. The minimum Gasteiger partial charge on any atom is -0.353 e. The molecule has 26 heavy (non-hydrogen) atoms. The number of fused-ring (bicyclic) bond motifs is 1. The van der Waals surface area contributed by atoms with E-state index in [1.807, 2.05) is 41.8 Å². The lowest BCUT2D eigenvalue weighted by Crippen LogP contribution is -2.26. The summed E-state index contributed by atoms with van der Waals surface area (Å²) in [4.78, 5) is 28.7. The summed E-state index contributed by atoms with van der Waals surface area (Å²) < 4.78 is 1.84. The third-order valence-electron chi connectivity index (χ3n) is 4.43. The van der Waals surface area contributed by atoms with E-state index in [9.17, 15) is 9.59 Å². The molecule has 132 valence electrons. The molecule has 0 bridgehead atoms. The average molecular weight is 348 g/mol. The summed E-state index contributed by atoms with van der Waals surface area (Å²) in [5.74, 6) is -0.211. The number of anilines is 1. The molecule has 0 spiro atoms. The lowest BCUT2D eigenvalue weighted by atomic mass is 10.1. The lowest BCUT2D eigenvalue weighted by molar-refractivity contribution is -0.120. The number of imidazole rings is 1. The Labute approximate surface area is 151 Å². The highest BCUT2D eigenvalue weighted by molar-refractivity contribution is 6.03. The van der Waals surface area contributed by atoms with Crippen molar-refractivity contribution in [3.8, 4) is 0 Å². The number of benzene rings is 1. The van der Waals surface area contributed by atoms with Gasteiger partial charge in [0, 0.05) is 24.1 Å². The molecule has 2 amide bonds. The summed E-state index contributed by atoms with van der Waals surface area (Å²) >= 11 is 0. The monoisotopic (exact) mass is 348 g/mol. The molecule has 0 atom stereocenters. The molecule has 1 saturated carbocycles. The normalized spacial score (nSPS) is 13.6. The first-order valence-corrected chi connectivity index (χ1v) is 8.72. The van der Waals surface area contributed by atoms with E-state index in [2.05, 4.69) is 15.6 Å². The van der Waals surface area contributed by atoms with Crippen molar-refractivity contribution in [3.63, 3.8) is 0 Å².